The van der Waals surface area contributed by atoms with Gasteiger partial charge in [0.25, 0.3) is 5.91 Å². The Hall–Kier alpha value is -1.50. The number of benzene rings is 1. The summed E-state index contributed by atoms with van der Waals surface area (Å²) in [6, 6.07) is 7.42. The van der Waals surface area contributed by atoms with Crippen LogP contribution in [0.5, 0.6) is 11.5 Å². The standard InChI is InChI=1S/C17H26N2O4.ClH/c1-13(23-15-6-4-5-14(11-15)21-2)12-19-16(20)17(22-3)7-9-18-10-8-17;/h4-6,11,13,18H,7-10,12H2,1-3H3,(H,19,20);1H. The Labute approximate surface area is 149 Å². The molecule has 2 N–H and O–H groups in total. The van der Waals surface area contributed by atoms with E-state index in [4.69, 9.17) is 14.2 Å². The number of carbonyl (C=O) groups is 1. The molecule has 1 aromatic carbocycles. The van der Waals surface area contributed by atoms with Gasteiger partial charge in [0.2, 0.25) is 0 Å². The normalized spacial score (nSPS) is 17.3. The average Bonchev–Trinajstić information content (AvgIpc) is 2.60. The average molecular weight is 359 g/mol. The molecule has 0 spiro atoms. The molecular weight excluding hydrogens is 332 g/mol. The van der Waals surface area contributed by atoms with Crippen LogP contribution >= 0.6 is 12.4 Å². The number of piperidine rings is 1. The van der Waals surface area contributed by atoms with Crippen LogP contribution in [0.2, 0.25) is 0 Å². The van der Waals surface area contributed by atoms with Crippen molar-refractivity contribution in [3.8, 4) is 11.5 Å². The Morgan fingerprint density at radius 1 is 1.29 bits per heavy atom. The summed E-state index contributed by atoms with van der Waals surface area (Å²) in [4.78, 5) is 12.5. The predicted molar refractivity (Wildman–Crippen MR) is 95.2 cm³/mol. The van der Waals surface area contributed by atoms with Gasteiger partial charge in [0.1, 0.15) is 23.2 Å². The molecule has 6 nitrogen and oxygen atoms in total. The highest BCUT2D eigenvalue weighted by Gasteiger charge is 2.39. The SMILES string of the molecule is COc1cccc(OC(C)CNC(=O)C2(OC)CCNCC2)c1.Cl. The first-order valence-electron chi connectivity index (χ1n) is 7.94. The van der Waals surface area contributed by atoms with Gasteiger partial charge in [0.05, 0.1) is 13.7 Å². The van der Waals surface area contributed by atoms with Crippen LogP contribution in [0.4, 0.5) is 0 Å². The topological polar surface area (TPSA) is 68.8 Å². The number of rotatable bonds is 7. The largest absolute Gasteiger partial charge is 0.497 e. The second-order valence-electron chi connectivity index (χ2n) is 5.77. The van der Waals surface area contributed by atoms with Crippen molar-refractivity contribution >= 4 is 18.3 Å². The number of methoxy groups -OCH3 is 2. The van der Waals surface area contributed by atoms with Gasteiger partial charge >= 0.3 is 0 Å². The lowest BCUT2D eigenvalue weighted by Gasteiger charge is -2.35. The van der Waals surface area contributed by atoms with Gasteiger partial charge in [0.15, 0.2) is 0 Å². The van der Waals surface area contributed by atoms with Gasteiger partial charge in [-0.15, -0.1) is 12.4 Å². The Morgan fingerprint density at radius 3 is 2.58 bits per heavy atom. The van der Waals surface area contributed by atoms with E-state index in [1.165, 1.54) is 0 Å². The summed E-state index contributed by atoms with van der Waals surface area (Å²) in [5.41, 5.74) is -0.721. The second-order valence-corrected chi connectivity index (χ2v) is 5.77. The van der Waals surface area contributed by atoms with E-state index in [9.17, 15) is 4.79 Å². The third-order valence-corrected chi connectivity index (χ3v) is 4.14. The number of amides is 1. The van der Waals surface area contributed by atoms with Gasteiger partial charge < -0.3 is 24.8 Å². The lowest BCUT2D eigenvalue weighted by Crippen LogP contribution is -2.55. The molecule has 1 aliphatic heterocycles. The van der Waals surface area contributed by atoms with Gasteiger partial charge in [-0.2, -0.15) is 0 Å². The van der Waals surface area contributed by atoms with Crippen molar-refractivity contribution in [2.24, 2.45) is 0 Å². The van der Waals surface area contributed by atoms with Crippen molar-refractivity contribution in [1.82, 2.24) is 10.6 Å². The van der Waals surface area contributed by atoms with Gasteiger partial charge in [-0.3, -0.25) is 4.79 Å². The van der Waals surface area contributed by atoms with Crippen LogP contribution in [0.25, 0.3) is 0 Å². The van der Waals surface area contributed by atoms with Crippen LogP contribution < -0.4 is 20.1 Å². The molecule has 0 aliphatic carbocycles. The molecule has 1 heterocycles. The number of carbonyl (C=O) groups excluding carboxylic acids is 1. The number of hydrogen-bond acceptors (Lipinski definition) is 5. The molecular formula is C17H27ClN2O4. The van der Waals surface area contributed by atoms with Gasteiger partial charge in [-0.05, 0) is 45.0 Å². The minimum atomic E-state index is -0.721. The maximum atomic E-state index is 12.5. The van der Waals surface area contributed by atoms with E-state index in [2.05, 4.69) is 10.6 Å². The fourth-order valence-corrected chi connectivity index (χ4v) is 2.70. The minimum Gasteiger partial charge on any atom is -0.497 e. The summed E-state index contributed by atoms with van der Waals surface area (Å²) in [6.07, 6.45) is 1.21. The Kier molecular flexibility index (Phi) is 8.31. The molecule has 0 radical (unpaired) electrons. The van der Waals surface area contributed by atoms with E-state index < -0.39 is 5.60 Å². The van der Waals surface area contributed by atoms with Gasteiger partial charge in [-0.25, -0.2) is 0 Å². The molecule has 136 valence electrons. The molecule has 24 heavy (non-hydrogen) atoms. The minimum absolute atomic E-state index is 0. The summed E-state index contributed by atoms with van der Waals surface area (Å²) >= 11 is 0. The van der Waals surface area contributed by atoms with Crippen LogP contribution in [-0.2, 0) is 9.53 Å². The van der Waals surface area contributed by atoms with Crippen LogP contribution in [0.3, 0.4) is 0 Å². The summed E-state index contributed by atoms with van der Waals surface area (Å²) in [5, 5.41) is 6.19. The van der Waals surface area contributed by atoms with E-state index in [1.807, 2.05) is 31.2 Å². The zero-order valence-corrected chi connectivity index (χ0v) is 15.3. The van der Waals surface area contributed by atoms with Crippen LogP contribution in [0.15, 0.2) is 24.3 Å². The monoisotopic (exact) mass is 358 g/mol. The fraction of sp³-hybridized carbons (Fsp3) is 0.588. The van der Waals surface area contributed by atoms with Crippen molar-refractivity contribution < 1.29 is 19.0 Å². The Bertz CT molecular complexity index is 521. The Balaban J connectivity index is 0.00000288. The molecule has 1 amide bonds. The lowest BCUT2D eigenvalue weighted by atomic mass is 9.91. The van der Waals surface area contributed by atoms with Crippen molar-refractivity contribution in [2.75, 3.05) is 33.9 Å². The smallest absolute Gasteiger partial charge is 0.252 e. The maximum absolute atomic E-state index is 12.5. The number of halogens is 1. The molecule has 1 unspecified atom stereocenters. The molecule has 2 rings (SSSR count). The first kappa shape index (κ1) is 20.5. The first-order chi connectivity index (χ1) is 11.1. The molecule has 1 fully saturated rings. The summed E-state index contributed by atoms with van der Waals surface area (Å²) in [5.74, 6) is 1.39. The molecule has 1 saturated heterocycles. The third kappa shape index (κ3) is 5.26. The van der Waals surface area contributed by atoms with E-state index >= 15 is 0 Å². The highest BCUT2D eigenvalue weighted by Crippen LogP contribution is 2.23. The van der Waals surface area contributed by atoms with Crippen LogP contribution in [0.1, 0.15) is 19.8 Å². The summed E-state index contributed by atoms with van der Waals surface area (Å²) in [7, 11) is 3.22. The van der Waals surface area contributed by atoms with Crippen molar-refractivity contribution in [1.29, 1.82) is 0 Å². The van der Waals surface area contributed by atoms with E-state index in [0.29, 0.717) is 19.4 Å². The molecule has 0 saturated carbocycles. The predicted octanol–water partition coefficient (Wildman–Crippen LogP) is 1.77. The van der Waals surface area contributed by atoms with Gasteiger partial charge in [0, 0.05) is 13.2 Å². The quantitative estimate of drug-likeness (QED) is 0.777. The van der Waals surface area contributed by atoms with Gasteiger partial charge in [-0.1, -0.05) is 6.07 Å². The zero-order valence-electron chi connectivity index (χ0n) is 14.5. The number of hydrogen-bond donors (Lipinski definition) is 2. The van der Waals surface area contributed by atoms with Crippen molar-refractivity contribution in [3.63, 3.8) is 0 Å². The highest BCUT2D eigenvalue weighted by molar-refractivity contribution is 5.85. The van der Waals surface area contributed by atoms with Crippen molar-refractivity contribution in [2.45, 2.75) is 31.5 Å². The number of ether oxygens (including phenoxy) is 3. The van der Waals surface area contributed by atoms with E-state index in [0.717, 1.165) is 24.6 Å². The van der Waals surface area contributed by atoms with Crippen LogP contribution in [0, 0.1) is 0 Å². The fourth-order valence-electron chi connectivity index (χ4n) is 2.70. The molecule has 0 aromatic heterocycles. The molecule has 1 atom stereocenters. The third-order valence-electron chi connectivity index (χ3n) is 4.14. The molecule has 1 aliphatic rings. The summed E-state index contributed by atoms with van der Waals surface area (Å²) < 4.78 is 16.5. The first-order valence-corrected chi connectivity index (χ1v) is 7.94. The second kappa shape index (κ2) is 9.71. The van der Waals surface area contributed by atoms with Crippen molar-refractivity contribution in [3.05, 3.63) is 24.3 Å². The van der Waals surface area contributed by atoms with Crippen LogP contribution in [-0.4, -0.2) is 51.5 Å². The molecule has 1 aromatic rings. The highest BCUT2D eigenvalue weighted by atomic mass is 35.5. The molecule has 7 heteroatoms. The zero-order chi connectivity index (χ0) is 16.7. The Morgan fingerprint density at radius 2 is 1.96 bits per heavy atom. The summed E-state index contributed by atoms with van der Waals surface area (Å²) in [6.45, 7) is 3.92. The molecule has 0 bridgehead atoms. The number of nitrogens with one attached hydrogen (secondary N) is 2. The lowest BCUT2D eigenvalue weighted by molar-refractivity contribution is -0.147. The van der Waals surface area contributed by atoms with E-state index in [1.54, 1.807) is 14.2 Å². The maximum Gasteiger partial charge on any atom is 0.252 e. The van der Waals surface area contributed by atoms with E-state index in [-0.39, 0.29) is 24.4 Å².